The number of fused-ring (bicyclic) bond motifs is 1. The molecule has 3 heterocycles. The number of nitrogens with zero attached hydrogens (tertiary/aromatic N) is 3. The van der Waals surface area contributed by atoms with Gasteiger partial charge in [-0.1, -0.05) is 13.0 Å². The summed E-state index contributed by atoms with van der Waals surface area (Å²) in [6.45, 7) is 8.58. The Labute approximate surface area is 160 Å². The van der Waals surface area contributed by atoms with Crippen molar-refractivity contribution in [3.05, 3.63) is 41.2 Å². The predicted octanol–water partition coefficient (Wildman–Crippen LogP) is 2.76. The highest BCUT2D eigenvalue weighted by Gasteiger charge is 2.32. The van der Waals surface area contributed by atoms with Gasteiger partial charge in [0.2, 0.25) is 6.79 Å². The van der Waals surface area contributed by atoms with Gasteiger partial charge in [0.05, 0.1) is 18.8 Å². The fourth-order valence-corrected chi connectivity index (χ4v) is 4.42. The molecule has 1 aromatic carbocycles. The molecular weight excluding hydrogens is 342 g/mol. The lowest BCUT2D eigenvalue weighted by Crippen LogP contribution is -2.42. The third-order valence-corrected chi connectivity index (χ3v) is 5.70. The number of aromatic nitrogens is 2. The van der Waals surface area contributed by atoms with E-state index in [9.17, 15) is 0 Å². The summed E-state index contributed by atoms with van der Waals surface area (Å²) in [7, 11) is 0. The van der Waals surface area contributed by atoms with E-state index in [1.807, 2.05) is 10.7 Å². The summed E-state index contributed by atoms with van der Waals surface area (Å²) in [5, 5.41) is 13.6. The van der Waals surface area contributed by atoms with Crippen molar-refractivity contribution >= 4 is 0 Å². The molecule has 0 saturated carbocycles. The minimum atomic E-state index is 0.123. The molecule has 0 amide bonds. The highest BCUT2D eigenvalue weighted by atomic mass is 16.7. The summed E-state index contributed by atoms with van der Waals surface area (Å²) in [6.07, 6.45) is 5.57. The minimum Gasteiger partial charge on any atom is -0.454 e. The van der Waals surface area contributed by atoms with Crippen molar-refractivity contribution in [2.45, 2.75) is 46.2 Å². The molecule has 2 aliphatic rings. The first-order valence-corrected chi connectivity index (χ1v) is 9.79. The van der Waals surface area contributed by atoms with Crippen molar-refractivity contribution in [1.82, 2.24) is 14.7 Å². The Morgan fingerprint density at radius 3 is 2.96 bits per heavy atom. The van der Waals surface area contributed by atoms with Crippen LogP contribution in [0.3, 0.4) is 0 Å². The quantitative estimate of drug-likeness (QED) is 0.846. The van der Waals surface area contributed by atoms with E-state index in [4.69, 9.17) is 14.6 Å². The molecule has 4 rings (SSSR count). The Hall–Kier alpha value is -2.05. The van der Waals surface area contributed by atoms with Gasteiger partial charge >= 0.3 is 0 Å². The molecule has 27 heavy (non-hydrogen) atoms. The van der Waals surface area contributed by atoms with Crippen molar-refractivity contribution in [2.75, 3.05) is 26.5 Å². The van der Waals surface area contributed by atoms with Crippen molar-refractivity contribution in [3.8, 4) is 11.5 Å². The third kappa shape index (κ3) is 4.12. The van der Waals surface area contributed by atoms with E-state index >= 15 is 0 Å². The molecule has 2 aliphatic heterocycles. The molecule has 1 unspecified atom stereocenters. The zero-order valence-electron chi connectivity index (χ0n) is 16.3. The number of aryl methyl sites for hydroxylation is 1. The molecule has 2 aromatic rings. The smallest absolute Gasteiger partial charge is 0.231 e. The maximum Gasteiger partial charge on any atom is 0.231 e. The molecule has 1 aromatic heterocycles. The normalized spacial score (nSPS) is 22.3. The van der Waals surface area contributed by atoms with Crippen molar-refractivity contribution in [3.63, 3.8) is 0 Å². The monoisotopic (exact) mass is 371 g/mol. The Bertz CT molecular complexity index is 804. The van der Waals surface area contributed by atoms with Gasteiger partial charge in [0, 0.05) is 24.8 Å². The fourth-order valence-electron chi connectivity index (χ4n) is 4.42. The van der Waals surface area contributed by atoms with Crippen LogP contribution in [0.4, 0.5) is 0 Å². The summed E-state index contributed by atoms with van der Waals surface area (Å²) in [5.74, 6) is 1.72. The van der Waals surface area contributed by atoms with E-state index in [0.717, 1.165) is 43.2 Å². The number of rotatable bonds is 6. The minimum absolute atomic E-state index is 0.123. The molecule has 1 atom stereocenters. The molecule has 0 aliphatic carbocycles. The number of benzene rings is 1. The van der Waals surface area contributed by atoms with Gasteiger partial charge in [-0.15, -0.1) is 0 Å². The summed E-state index contributed by atoms with van der Waals surface area (Å²) in [6, 6.07) is 6.33. The summed E-state index contributed by atoms with van der Waals surface area (Å²) >= 11 is 0. The Kier molecular flexibility index (Phi) is 5.10. The van der Waals surface area contributed by atoms with Gasteiger partial charge in [0.1, 0.15) is 0 Å². The lowest BCUT2D eigenvalue weighted by molar-refractivity contribution is 0.0968. The van der Waals surface area contributed by atoms with E-state index < -0.39 is 0 Å². The van der Waals surface area contributed by atoms with Crippen LogP contribution in [0.1, 0.15) is 36.6 Å². The maximum absolute atomic E-state index is 9.12. The maximum atomic E-state index is 9.12. The van der Waals surface area contributed by atoms with Gasteiger partial charge in [-0.05, 0) is 55.8 Å². The second kappa shape index (κ2) is 7.52. The molecule has 0 bridgehead atoms. The van der Waals surface area contributed by atoms with Gasteiger partial charge in [0.25, 0.3) is 0 Å². The van der Waals surface area contributed by atoms with Crippen LogP contribution in [-0.4, -0.2) is 46.3 Å². The van der Waals surface area contributed by atoms with Crippen LogP contribution in [0, 0.1) is 12.3 Å². The standard InChI is InChI=1S/C21H29N3O3/c1-16-18(13-24(22-16)8-9-25)12-23-7-3-6-21(2,14-23)11-17-4-5-19-20(10-17)27-15-26-19/h4-5,10,13,25H,3,6-9,11-12,14-15H2,1-2H3. The molecule has 146 valence electrons. The van der Waals surface area contributed by atoms with Crippen LogP contribution in [-0.2, 0) is 19.5 Å². The first kappa shape index (κ1) is 18.3. The predicted molar refractivity (Wildman–Crippen MR) is 103 cm³/mol. The lowest BCUT2D eigenvalue weighted by atomic mass is 9.77. The number of hydrogen-bond donors (Lipinski definition) is 1. The molecule has 1 fully saturated rings. The Balaban J connectivity index is 1.42. The fraction of sp³-hybridized carbons (Fsp3) is 0.571. The molecule has 1 N–H and O–H groups in total. The average molecular weight is 371 g/mol. The zero-order valence-corrected chi connectivity index (χ0v) is 16.3. The summed E-state index contributed by atoms with van der Waals surface area (Å²) in [4.78, 5) is 2.55. The highest BCUT2D eigenvalue weighted by molar-refractivity contribution is 5.44. The molecule has 1 saturated heterocycles. The number of aliphatic hydroxyl groups is 1. The van der Waals surface area contributed by atoms with Crippen molar-refractivity contribution in [1.29, 1.82) is 0 Å². The van der Waals surface area contributed by atoms with Gasteiger partial charge in [0.15, 0.2) is 11.5 Å². The second-order valence-electron chi connectivity index (χ2n) is 8.22. The molecule has 6 heteroatoms. The van der Waals surface area contributed by atoms with E-state index in [0.29, 0.717) is 13.3 Å². The van der Waals surface area contributed by atoms with E-state index in [1.54, 1.807) is 0 Å². The van der Waals surface area contributed by atoms with Crippen LogP contribution in [0.5, 0.6) is 11.5 Å². The Morgan fingerprint density at radius 1 is 1.26 bits per heavy atom. The van der Waals surface area contributed by atoms with Gasteiger partial charge in [-0.2, -0.15) is 5.10 Å². The SMILES string of the molecule is Cc1nn(CCO)cc1CN1CCCC(C)(Cc2ccc3c(c2)OCO3)C1. The van der Waals surface area contributed by atoms with Crippen molar-refractivity contribution in [2.24, 2.45) is 5.41 Å². The summed E-state index contributed by atoms with van der Waals surface area (Å²) < 4.78 is 12.8. The van der Waals surface area contributed by atoms with Crippen molar-refractivity contribution < 1.29 is 14.6 Å². The number of ether oxygens (including phenoxy) is 2. The van der Waals surface area contributed by atoms with Crippen LogP contribution in [0.2, 0.25) is 0 Å². The topological polar surface area (TPSA) is 59.8 Å². The molecule has 0 spiro atoms. The van der Waals surface area contributed by atoms with Gasteiger partial charge in [-0.25, -0.2) is 0 Å². The number of piperidine rings is 1. The van der Waals surface area contributed by atoms with Gasteiger partial charge < -0.3 is 14.6 Å². The number of hydrogen-bond acceptors (Lipinski definition) is 5. The van der Waals surface area contributed by atoms with Gasteiger partial charge in [-0.3, -0.25) is 9.58 Å². The van der Waals surface area contributed by atoms with Crippen LogP contribution in [0.25, 0.3) is 0 Å². The number of aliphatic hydroxyl groups excluding tert-OH is 1. The van der Waals surface area contributed by atoms with E-state index in [-0.39, 0.29) is 12.0 Å². The first-order chi connectivity index (χ1) is 13.0. The average Bonchev–Trinajstić information content (AvgIpc) is 3.21. The second-order valence-corrected chi connectivity index (χ2v) is 8.22. The Morgan fingerprint density at radius 2 is 2.11 bits per heavy atom. The van der Waals surface area contributed by atoms with E-state index in [2.05, 4.69) is 42.2 Å². The largest absolute Gasteiger partial charge is 0.454 e. The summed E-state index contributed by atoms with van der Waals surface area (Å²) in [5.41, 5.74) is 3.89. The zero-order chi connectivity index (χ0) is 18.9. The lowest BCUT2D eigenvalue weighted by Gasteiger charge is -2.40. The van der Waals surface area contributed by atoms with Crippen LogP contribution < -0.4 is 9.47 Å². The molecule has 6 nitrogen and oxygen atoms in total. The third-order valence-electron chi connectivity index (χ3n) is 5.70. The molecular formula is C21H29N3O3. The highest BCUT2D eigenvalue weighted by Crippen LogP contribution is 2.38. The first-order valence-electron chi connectivity index (χ1n) is 9.79. The van der Waals surface area contributed by atoms with Crippen LogP contribution in [0.15, 0.2) is 24.4 Å². The van der Waals surface area contributed by atoms with E-state index in [1.165, 1.54) is 24.0 Å². The van der Waals surface area contributed by atoms with Crippen LogP contribution >= 0.6 is 0 Å². The number of likely N-dealkylation sites (tertiary alicyclic amines) is 1. The molecule has 0 radical (unpaired) electrons.